The number of carboxylic acid groups (broad SMARTS) is 1. The lowest BCUT2D eigenvalue weighted by Crippen LogP contribution is -2.51. The Morgan fingerprint density at radius 3 is 1.81 bits per heavy atom. The lowest BCUT2D eigenvalue weighted by atomic mass is 10.0. The molecular formula is C30H39F6N3O4. The highest BCUT2D eigenvalue weighted by molar-refractivity contribution is 5.94. The predicted molar refractivity (Wildman–Crippen MR) is 150 cm³/mol. The molecule has 2 aromatic carbocycles. The molecule has 13 heteroatoms. The number of rotatable bonds is 10. The van der Waals surface area contributed by atoms with Gasteiger partial charge in [-0.25, -0.2) is 4.79 Å². The Balaban J connectivity index is 0.000000821. The number of aliphatic carboxylic acids is 1. The van der Waals surface area contributed by atoms with Crippen LogP contribution in [0.15, 0.2) is 48.5 Å². The number of hydrogen-bond donors (Lipinski definition) is 1. The number of nitrogens with zero attached hydrogens (tertiary/aromatic N) is 3. The fourth-order valence-electron chi connectivity index (χ4n) is 4.67. The van der Waals surface area contributed by atoms with Gasteiger partial charge in [-0.2, -0.15) is 26.3 Å². The van der Waals surface area contributed by atoms with Gasteiger partial charge in [0.2, 0.25) is 0 Å². The van der Waals surface area contributed by atoms with Gasteiger partial charge in [-0.1, -0.05) is 26.0 Å². The van der Waals surface area contributed by atoms with Crippen LogP contribution in [0.3, 0.4) is 0 Å². The third kappa shape index (κ3) is 11.4. The smallest absolute Gasteiger partial charge is 0.486 e. The molecule has 43 heavy (non-hydrogen) atoms. The number of carbonyl (C=O) groups excluding carboxylic acids is 1. The number of ether oxygens (including phenoxy) is 1. The van der Waals surface area contributed by atoms with Crippen molar-refractivity contribution in [1.82, 2.24) is 14.7 Å². The van der Waals surface area contributed by atoms with E-state index >= 15 is 0 Å². The van der Waals surface area contributed by atoms with Gasteiger partial charge in [-0.05, 0) is 68.9 Å². The Kier molecular flexibility index (Phi) is 13.3. The zero-order valence-corrected chi connectivity index (χ0v) is 24.7. The molecule has 1 amide bonds. The molecule has 0 radical (unpaired) electrons. The summed E-state index contributed by atoms with van der Waals surface area (Å²) in [5.74, 6) is -2.35. The van der Waals surface area contributed by atoms with E-state index in [4.69, 9.17) is 14.6 Å². The topological polar surface area (TPSA) is 73.3 Å². The lowest BCUT2D eigenvalue weighted by molar-refractivity contribution is -0.192. The molecule has 1 unspecified atom stereocenters. The van der Waals surface area contributed by atoms with Crippen LogP contribution in [0.25, 0.3) is 0 Å². The predicted octanol–water partition coefficient (Wildman–Crippen LogP) is 6.36. The fourth-order valence-corrected chi connectivity index (χ4v) is 4.67. The van der Waals surface area contributed by atoms with Gasteiger partial charge in [-0.15, -0.1) is 0 Å². The average molecular weight is 620 g/mol. The van der Waals surface area contributed by atoms with Crippen LogP contribution in [0.2, 0.25) is 0 Å². The van der Waals surface area contributed by atoms with Crippen LogP contribution in [0.1, 0.15) is 60.7 Å². The Morgan fingerprint density at radius 2 is 1.40 bits per heavy atom. The first-order valence-corrected chi connectivity index (χ1v) is 14.0. The summed E-state index contributed by atoms with van der Waals surface area (Å²) < 4.78 is 76.5. The summed E-state index contributed by atoms with van der Waals surface area (Å²) in [6.07, 6.45) is -6.92. The van der Waals surface area contributed by atoms with Crippen molar-refractivity contribution in [2.24, 2.45) is 0 Å². The number of benzene rings is 2. The maximum Gasteiger partial charge on any atom is 0.490 e. The molecule has 1 heterocycles. The molecule has 1 fully saturated rings. The molecule has 1 atom stereocenters. The quantitative estimate of drug-likeness (QED) is 0.312. The standard InChI is InChI=1S/C28H38F3N3O2.C2HF3O2/c1-5-24(6-2)33-17-19-34(20-18-33)27(35)22-9-7-21(8-10-22)26(15-16-32(3)4)36-25-13-11-23(12-14-25)28(29,30)31;3-2(4,5)1(6)7/h7-14,24,26H,5-6,15-20H2,1-4H3;(H,6,7). The average Bonchev–Trinajstić information content (AvgIpc) is 2.95. The Hall–Kier alpha value is -3.32. The normalized spacial score (nSPS) is 15.2. The van der Waals surface area contributed by atoms with Crippen molar-refractivity contribution in [3.8, 4) is 5.75 Å². The molecular weight excluding hydrogens is 580 g/mol. The maximum atomic E-state index is 13.1. The van der Waals surface area contributed by atoms with Crippen molar-refractivity contribution < 1.29 is 45.8 Å². The zero-order chi connectivity index (χ0) is 32.4. The Morgan fingerprint density at radius 1 is 0.884 bits per heavy atom. The summed E-state index contributed by atoms with van der Waals surface area (Å²) in [6, 6.07) is 12.8. The fraction of sp³-hybridized carbons (Fsp3) is 0.533. The highest BCUT2D eigenvalue weighted by Gasteiger charge is 2.38. The van der Waals surface area contributed by atoms with Crippen LogP contribution < -0.4 is 4.74 Å². The molecule has 0 saturated carbocycles. The summed E-state index contributed by atoms with van der Waals surface area (Å²) in [7, 11) is 3.92. The number of piperazine rings is 1. The maximum absolute atomic E-state index is 13.1. The molecule has 1 aliphatic heterocycles. The van der Waals surface area contributed by atoms with Gasteiger partial charge in [0.25, 0.3) is 5.91 Å². The van der Waals surface area contributed by atoms with Gasteiger partial charge >= 0.3 is 18.3 Å². The number of hydrogen-bond acceptors (Lipinski definition) is 5. The molecule has 7 nitrogen and oxygen atoms in total. The minimum absolute atomic E-state index is 0.0271. The second-order valence-electron chi connectivity index (χ2n) is 10.4. The molecule has 2 aromatic rings. The SMILES string of the molecule is CCC(CC)N1CCN(C(=O)c2ccc(C(CCN(C)C)Oc3ccc(C(F)(F)F)cc3)cc2)CC1.O=C(O)C(F)(F)F. The van der Waals surface area contributed by atoms with Crippen LogP contribution in [0.5, 0.6) is 5.75 Å². The molecule has 1 N–H and O–H groups in total. The summed E-state index contributed by atoms with van der Waals surface area (Å²) in [6.45, 7) is 8.39. The monoisotopic (exact) mass is 619 g/mol. The second-order valence-corrected chi connectivity index (χ2v) is 10.4. The third-order valence-corrected chi connectivity index (χ3v) is 7.13. The van der Waals surface area contributed by atoms with E-state index in [-0.39, 0.29) is 12.0 Å². The van der Waals surface area contributed by atoms with E-state index in [1.54, 1.807) is 0 Å². The van der Waals surface area contributed by atoms with Crippen LogP contribution in [0, 0.1) is 0 Å². The molecule has 1 saturated heterocycles. The van der Waals surface area contributed by atoms with Crippen molar-refractivity contribution >= 4 is 11.9 Å². The van der Waals surface area contributed by atoms with E-state index < -0.39 is 23.9 Å². The summed E-state index contributed by atoms with van der Waals surface area (Å²) in [4.78, 5) is 28.4. The highest BCUT2D eigenvalue weighted by Crippen LogP contribution is 2.32. The molecule has 0 spiro atoms. The van der Waals surface area contributed by atoms with Gasteiger partial charge in [-0.3, -0.25) is 9.69 Å². The summed E-state index contributed by atoms with van der Waals surface area (Å²) in [5.41, 5.74) is 0.811. The van der Waals surface area contributed by atoms with Crippen molar-refractivity contribution in [2.75, 3.05) is 46.8 Å². The van der Waals surface area contributed by atoms with Gasteiger partial charge in [0.05, 0.1) is 5.56 Å². The van der Waals surface area contributed by atoms with Crippen LogP contribution >= 0.6 is 0 Å². The molecule has 0 aliphatic carbocycles. The number of carboxylic acids is 1. The van der Waals surface area contributed by atoms with E-state index in [1.165, 1.54) is 12.1 Å². The third-order valence-electron chi connectivity index (χ3n) is 7.13. The molecule has 240 valence electrons. The molecule has 3 rings (SSSR count). The first-order valence-electron chi connectivity index (χ1n) is 14.0. The van der Waals surface area contributed by atoms with Crippen LogP contribution in [0.4, 0.5) is 26.3 Å². The lowest BCUT2D eigenvalue weighted by Gasteiger charge is -2.38. The molecule has 1 aliphatic rings. The van der Waals surface area contributed by atoms with E-state index in [1.807, 2.05) is 48.2 Å². The minimum Gasteiger partial charge on any atom is -0.486 e. The van der Waals surface area contributed by atoms with Crippen molar-refractivity contribution in [3.63, 3.8) is 0 Å². The van der Waals surface area contributed by atoms with Gasteiger partial charge < -0.3 is 19.6 Å². The van der Waals surface area contributed by atoms with Crippen LogP contribution in [-0.4, -0.2) is 90.7 Å². The Labute approximate surface area is 248 Å². The van der Waals surface area contributed by atoms with Crippen molar-refractivity contribution in [3.05, 3.63) is 65.2 Å². The Bertz CT molecular complexity index is 1140. The molecule has 0 aromatic heterocycles. The summed E-state index contributed by atoms with van der Waals surface area (Å²) in [5, 5.41) is 7.12. The van der Waals surface area contributed by atoms with Crippen LogP contribution in [-0.2, 0) is 11.0 Å². The number of halogens is 6. The van der Waals surface area contributed by atoms with E-state index in [0.29, 0.717) is 23.8 Å². The van der Waals surface area contributed by atoms with Gasteiger partial charge in [0, 0.05) is 50.7 Å². The first kappa shape index (κ1) is 35.9. The van der Waals surface area contributed by atoms with Crippen molar-refractivity contribution in [1.29, 1.82) is 0 Å². The van der Waals surface area contributed by atoms with E-state index in [0.717, 1.165) is 63.3 Å². The van der Waals surface area contributed by atoms with Crippen molar-refractivity contribution in [2.45, 2.75) is 57.6 Å². The highest BCUT2D eigenvalue weighted by atomic mass is 19.4. The van der Waals surface area contributed by atoms with Gasteiger partial charge in [0.15, 0.2) is 0 Å². The molecule has 0 bridgehead atoms. The largest absolute Gasteiger partial charge is 0.490 e. The minimum atomic E-state index is -5.08. The number of alkyl halides is 6. The van der Waals surface area contributed by atoms with Gasteiger partial charge in [0.1, 0.15) is 11.9 Å². The first-order chi connectivity index (χ1) is 20.1. The number of carbonyl (C=O) groups is 2. The van der Waals surface area contributed by atoms with E-state index in [9.17, 15) is 31.1 Å². The van der Waals surface area contributed by atoms with E-state index in [2.05, 4.69) is 18.7 Å². The summed E-state index contributed by atoms with van der Waals surface area (Å²) >= 11 is 0. The number of amides is 1. The zero-order valence-electron chi connectivity index (χ0n) is 24.7. The second kappa shape index (κ2) is 15.9.